The van der Waals surface area contributed by atoms with Crippen molar-refractivity contribution in [2.75, 3.05) is 26.7 Å². The van der Waals surface area contributed by atoms with Crippen molar-refractivity contribution in [2.24, 2.45) is 5.92 Å². The number of benzene rings is 3. The molecule has 0 spiro atoms. The smallest absolute Gasteiger partial charge is 0.254 e. The van der Waals surface area contributed by atoms with Gasteiger partial charge in [0.2, 0.25) is 5.91 Å². The van der Waals surface area contributed by atoms with E-state index in [-0.39, 0.29) is 42.4 Å². The van der Waals surface area contributed by atoms with Gasteiger partial charge in [-0.2, -0.15) is 0 Å². The van der Waals surface area contributed by atoms with E-state index in [1.165, 1.54) is 0 Å². The molecule has 200 valence electrons. The van der Waals surface area contributed by atoms with Gasteiger partial charge in [-0.1, -0.05) is 79.7 Å². The number of carbonyl (C=O) groups excluding carboxylic acids is 2. The first-order valence-corrected chi connectivity index (χ1v) is 13.3. The van der Waals surface area contributed by atoms with E-state index in [9.17, 15) is 14.7 Å². The van der Waals surface area contributed by atoms with Crippen molar-refractivity contribution in [3.8, 4) is 11.1 Å². The van der Waals surface area contributed by atoms with Crippen LogP contribution in [0.1, 0.15) is 48.2 Å². The number of rotatable bonds is 6. The number of amides is 2. The van der Waals surface area contributed by atoms with E-state index in [4.69, 9.17) is 4.74 Å². The maximum absolute atomic E-state index is 13.9. The molecule has 0 bridgehead atoms. The zero-order valence-corrected chi connectivity index (χ0v) is 22.7. The Morgan fingerprint density at radius 3 is 2.26 bits per heavy atom. The lowest BCUT2D eigenvalue weighted by Gasteiger charge is -2.35. The van der Waals surface area contributed by atoms with Gasteiger partial charge in [-0.3, -0.25) is 9.59 Å². The molecule has 1 heterocycles. The molecule has 0 saturated carbocycles. The summed E-state index contributed by atoms with van der Waals surface area (Å²) in [5, 5.41) is 10.0. The van der Waals surface area contributed by atoms with Crippen molar-refractivity contribution in [1.82, 2.24) is 9.80 Å². The van der Waals surface area contributed by atoms with E-state index in [0.717, 1.165) is 22.3 Å². The van der Waals surface area contributed by atoms with Crippen molar-refractivity contribution in [3.63, 3.8) is 0 Å². The summed E-state index contributed by atoms with van der Waals surface area (Å²) in [4.78, 5) is 30.7. The van der Waals surface area contributed by atoms with Crippen molar-refractivity contribution >= 4 is 11.8 Å². The van der Waals surface area contributed by atoms with E-state index in [2.05, 4.69) is 0 Å². The number of likely N-dealkylation sites (N-methyl/N-ethyl adjacent to an activating group) is 1. The van der Waals surface area contributed by atoms with Crippen LogP contribution in [0.15, 0.2) is 78.9 Å². The Kier molecular flexibility index (Phi) is 8.97. The zero-order valence-electron chi connectivity index (χ0n) is 22.7. The maximum atomic E-state index is 13.9. The molecular weight excluding hydrogens is 476 g/mol. The summed E-state index contributed by atoms with van der Waals surface area (Å²) in [7, 11) is 1.81. The van der Waals surface area contributed by atoms with Crippen LogP contribution in [-0.2, 0) is 16.1 Å². The fourth-order valence-electron chi connectivity index (χ4n) is 5.13. The van der Waals surface area contributed by atoms with Crippen LogP contribution in [-0.4, -0.2) is 65.6 Å². The summed E-state index contributed by atoms with van der Waals surface area (Å²) in [6.45, 7) is 6.83. The van der Waals surface area contributed by atoms with Crippen LogP contribution in [0.2, 0.25) is 0 Å². The second-order valence-corrected chi connectivity index (χ2v) is 10.4. The molecule has 3 aromatic rings. The van der Waals surface area contributed by atoms with Gasteiger partial charge in [-0.25, -0.2) is 0 Å². The molecule has 0 aromatic heterocycles. The topological polar surface area (TPSA) is 70.1 Å². The summed E-state index contributed by atoms with van der Waals surface area (Å²) in [6, 6.07) is 25.0. The maximum Gasteiger partial charge on any atom is 0.254 e. The quantitative estimate of drug-likeness (QED) is 0.504. The van der Waals surface area contributed by atoms with Crippen LogP contribution in [0.25, 0.3) is 11.1 Å². The third kappa shape index (κ3) is 5.98. The second kappa shape index (κ2) is 12.4. The van der Waals surface area contributed by atoms with E-state index in [0.29, 0.717) is 25.3 Å². The molecule has 0 fully saturated rings. The van der Waals surface area contributed by atoms with Crippen LogP contribution in [0.3, 0.4) is 0 Å². The van der Waals surface area contributed by atoms with Crippen LogP contribution >= 0.6 is 0 Å². The Labute approximate surface area is 225 Å². The molecular formula is C32H38N2O4. The Balaban J connectivity index is 1.67. The lowest BCUT2D eigenvalue weighted by Crippen LogP contribution is -2.48. The Morgan fingerprint density at radius 1 is 0.974 bits per heavy atom. The standard InChI is InChI=1S/C32H38N2O4/c1-22-18-34(23(2)20-35)32(37)29-17-11-10-16-28(29)27-15-9-8-14-26(27)21-38-30(22)19-33(4)31(36)24(3)25-12-6-5-7-13-25/h5-17,22-24,30,35H,18-21H2,1-4H3/t22-,23-,24+,30+/m1/s1. The highest BCUT2D eigenvalue weighted by Gasteiger charge is 2.32. The highest BCUT2D eigenvalue weighted by molar-refractivity contribution is 6.01. The minimum absolute atomic E-state index is 0.0192. The first kappa shape index (κ1) is 27.6. The minimum atomic E-state index is -0.368. The third-order valence-electron chi connectivity index (χ3n) is 7.59. The summed E-state index contributed by atoms with van der Waals surface area (Å²) < 4.78 is 6.54. The first-order chi connectivity index (χ1) is 18.3. The van der Waals surface area contributed by atoms with Gasteiger partial charge in [0.15, 0.2) is 0 Å². The normalized spacial score (nSPS) is 19.5. The third-order valence-corrected chi connectivity index (χ3v) is 7.59. The summed E-state index contributed by atoms with van der Waals surface area (Å²) in [6.07, 6.45) is -0.317. The highest BCUT2D eigenvalue weighted by atomic mass is 16.5. The summed E-state index contributed by atoms with van der Waals surface area (Å²) >= 11 is 0. The lowest BCUT2D eigenvalue weighted by atomic mass is 9.94. The van der Waals surface area contributed by atoms with Crippen LogP contribution in [0.5, 0.6) is 0 Å². The van der Waals surface area contributed by atoms with Crippen LogP contribution in [0.4, 0.5) is 0 Å². The fraction of sp³-hybridized carbons (Fsp3) is 0.375. The zero-order chi connectivity index (χ0) is 27.2. The van der Waals surface area contributed by atoms with Gasteiger partial charge in [-0.15, -0.1) is 0 Å². The van der Waals surface area contributed by atoms with Gasteiger partial charge in [0.25, 0.3) is 5.91 Å². The number of hydrogen-bond donors (Lipinski definition) is 1. The fourth-order valence-corrected chi connectivity index (χ4v) is 5.13. The molecule has 6 heteroatoms. The number of nitrogens with zero attached hydrogens (tertiary/aromatic N) is 2. The van der Waals surface area contributed by atoms with E-state index < -0.39 is 0 Å². The van der Waals surface area contributed by atoms with Crippen molar-refractivity contribution < 1.29 is 19.4 Å². The number of aliphatic hydroxyl groups excluding tert-OH is 1. The molecule has 0 saturated heterocycles. The first-order valence-electron chi connectivity index (χ1n) is 13.3. The molecule has 38 heavy (non-hydrogen) atoms. The number of ether oxygens (including phenoxy) is 1. The Bertz CT molecular complexity index is 1240. The van der Waals surface area contributed by atoms with Crippen molar-refractivity contribution in [3.05, 3.63) is 95.6 Å². The van der Waals surface area contributed by atoms with Crippen molar-refractivity contribution in [2.45, 2.75) is 45.4 Å². The molecule has 4 rings (SSSR count). The monoisotopic (exact) mass is 514 g/mol. The molecule has 4 atom stereocenters. The molecule has 1 aliphatic heterocycles. The average molecular weight is 515 g/mol. The van der Waals surface area contributed by atoms with Crippen molar-refractivity contribution in [1.29, 1.82) is 0 Å². The number of aliphatic hydroxyl groups is 1. The molecule has 0 aliphatic carbocycles. The molecule has 1 N–H and O–H groups in total. The highest BCUT2D eigenvalue weighted by Crippen LogP contribution is 2.31. The minimum Gasteiger partial charge on any atom is -0.394 e. The molecule has 2 amide bonds. The van der Waals surface area contributed by atoms with Gasteiger partial charge in [0.1, 0.15) is 0 Å². The van der Waals surface area contributed by atoms with Gasteiger partial charge in [-0.05, 0) is 42.2 Å². The van der Waals surface area contributed by atoms with Crippen LogP contribution < -0.4 is 0 Å². The lowest BCUT2D eigenvalue weighted by molar-refractivity contribution is -0.134. The second-order valence-electron chi connectivity index (χ2n) is 10.4. The molecule has 0 radical (unpaired) electrons. The summed E-state index contributed by atoms with van der Waals surface area (Å²) in [5.41, 5.74) is 4.36. The number of carbonyl (C=O) groups is 2. The molecule has 0 unspecified atom stereocenters. The van der Waals surface area contributed by atoms with Crippen LogP contribution in [0, 0.1) is 5.92 Å². The molecule has 1 aliphatic rings. The van der Waals surface area contributed by atoms with Gasteiger partial charge in [0, 0.05) is 31.6 Å². The predicted molar refractivity (Wildman–Crippen MR) is 150 cm³/mol. The van der Waals surface area contributed by atoms with Gasteiger partial charge >= 0.3 is 0 Å². The van der Waals surface area contributed by atoms with Gasteiger partial charge < -0.3 is 19.6 Å². The SMILES string of the molecule is C[C@H](C(=O)N(C)C[C@@H]1OCc2ccccc2-c2ccccc2C(=O)N([C@H](C)CO)C[C@H]1C)c1ccccc1. The largest absolute Gasteiger partial charge is 0.394 e. The molecule has 3 aromatic carbocycles. The Morgan fingerprint density at radius 2 is 1.58 bits per heavy atom. The predicted octanol–water partition coefficient (Wildman–Crippen LogP) is 4.97. The average Bonchev–Trinajstić information content (AvgIpc) is 2.97. The summed E-state index contributed by atoms with van der Waals surface area (Å²) in [5.74, 6) is -0.466. The van der Waals surface area contributed by atoms with E-state index in [1.807, 2.05) is 107 Å². The Hall–Kier alpha value is -3.48. The number of fused-ring (bicyclic) bond motifs is 3. The number of hydrogen-bond acceptors (Lipinski definition) is 4. The van der Waals surface area contributed by atoms with Gasteiger partial charge in [0.05, 0.1) is 31.3 Å². The van der Waals surface area contributed by atoms with E-state index in [1.54, 1.807) is 9.80 Å². The van der Waals surface area contributed by atoms with E-state index >= 15 is 0 Å². The molecule has 6 nitrogen and oxygen atoms in total.